The Morgan fingerprint density at radius 1 is 1.54 bits per heavy atom. The number of hydrogen-bond donors (Lipinski definition) is 1. The molecule has 1 aromatic rings. The van der Waals surface area contributed by atoms with E-state index in [4.69, 9.17) is 0 Å². The molecule has 1 N–H and O–H groups in total. The topological polar surface area (TPSA) is 38.0 Å². The van der Waals surface area contributed by atoms with Crippen LogP contribution in [0.3, 0.4) is 0 Å². The summed E-state index contributed by atoms with van der Waals surface area (Å²) in [7, 11) is 0. The average Bonchev–Trinajstić information content (AvgIpc) is 2.56. The molecule has 2 unspecified atom stereocenters. The maximum absolute atomic E-state index is 9.49. The molecule has 0 fully saturated rings. The Morgan fingerprint density at radius 3 is 2.92 bits per heavy atom. The highest BCUT2D eigenvalue weighted by atomic mass is 16.3. The lowest BCUT2D eigenvalue weighted by Gasteiger charge is -2.25. The summed E-state index contributed by atoms with van der Waals surface area (Å²) in [6.45, 7) is 6.76. The van der Waals surface area contributed by atoms with Gasteiger partial charge in [0.05, 0.1) is 12.6 Å². The minimum Gasteiger partial charge on any atom is -0.391 e. The third-order valence-corrected chi connectivity index (χ3v) is 2.35. The first kappa shape index (κ1) is 10.3. The fourth-order valence-corrected chi connectivity index (χ4v) is 1.50. The van der Waals surface area contributed by atoms with E-state index in [1.54, 1.807) is 6.20 Å². The number of nitrogens with zero attached hydrogens (tertiary/aromatic N) is 2. The summed E-state index contributed by atoms with van der Waals surface area (Å²) in [5, 5.41) is 9.49. The van der Waals surface area contributed by atoms with Gasteiger partial charge >= 0.3 is 0 Å². The Morgan fingerprint density at radius 2 is 2.23 bits per heavy atom. The summed E-state index contributed by atoms with van der Waals surface area (Å²) in [4.78, 5) is 4.19. The lowest BCUT2D eigenvalue weighted by Crippen LogP contribution is -2.31. The van der Waals surface area contributed by atoms with Gasteiger partial charge in [-0.15, -0.1) is 0 Å². The third-order valence-electron chi connectivity index (χ3n) is 2.35. The van der Waals surface area contributed by atoms with Crippen molar-refractivity contribution in [1.29, 1.82) is 0 Å². The molecule has 13 heavy (non-hydrogen) atoms. The molecule has 74 valence electrons. The van der Waals surface area contributed by atoms with E-state index in [2.05, 4.69) is 11.9 Å². The normalized spacial score (nSPS) is 25.8. The van der Waals surface area contributed by atoms with Gasteiger partial charge in [0.15, 0.2) is 0 Å². The molecule has 2 heterocycles. The second kappa shape index (κ2) is 4.42. The van der Waals surface area contributed by atoms with Crippen molar-refractivity contribution in [2.24, 2.45) is 5.92 Å². The molecule has 1 aliphatic rings. The zero-order chi connectivity index (χ0) is 9.84. The molecule has 0 aliphatic carbocycles. The monoisotopic (exact) mass is 182 g/mol. The lowest BCUT2D eigenvalue weighted by atomic mass is 9.97. The van der Waals surface area contributed by atoms with Gasteiger partial charge in [0, 0.05) is 18.8 Å². The first-order valence-electron chi connectivity index (χ1n) is 4.95. The van der Waals surface area contributed by atoms with Crippen LogP contribution < -0.4 is 0 Å². The van der Waals surface area contributed by atoms with Crippen LogP contribution in [0.15, 0.2) is 12.4 Å². The van der Waals surface area contributed by atoms with Crippen LogP contribution in [0.1, 0.15) is 26.6 Å². The Hall–Kier alpha value is -0.830. The second-order valence-electron chi connectivity index (χ2n) is 3.24. The van der Waals surface area contributed by atoms with E-state index in [0.29, 0.717) is 12.5 Å². The molecule has 0 saturated carbocycles. The van der Waals surface area contributed by atoms with Gasteiger partial charge in [0.2, 0.25) is 0 Å². The van der Waals surface area contributed by atoms with Crippen molar-refractivity contribution < 1.29 is 5.11 Å². The van der Waals surface area contributed by atoms with Crippen LogP contribution in [0.5, 0.6) is 0 Å². The minimum atomic E-state index is -0.198. The van der Waals surface area contributed by atoms with Crippen molar-refractivity contribution in [2.75, 3.05) is 0 Å². The fourth-order valence-electron chi connectivity index (χ4n) is 1.50. The van der Waals surface area contributed by atoms with Gasteiger partial charge in [-0.05, 0) is 5.92 Å². The minimum absolute atomic E-state index is 0.198. The van der Waals surface area contributed by atoms with E-state index in [-0.39, 0.29) is 6.10 Å². The predicted molar refractivity (Wildman–Crippen MR) is 52.4 cm³/mol. The van der Waals surface area contributed by atoms with Crippen molar-refractivity contribution >= 4 is 0 Å². The third kappa shape index (κ3) is 2.10. The molecule has 1 aromatic heterocycles. The summed E-state index contributed by atoms with van der Waals surface area (Å²) in [5.74, 6) is 1.45. The zero-order valence-corrected chi connectivity index (χ0v) is 8.57. The summed E-state index contributed by atoms with van der Waals surface area (Å²) < 4.78 is 2.02. The van der Waals surface area contributed by atoms with Crippen molar-refractivity contribution in [3.63, 3.8) is 0 Å². The molecule has 3 nitrogen and oxygen atoms in total. The van der Waals surface area contributed by atoms with Gasteiger partial charge in [-0.25, -0.2) is 4.98 Å². The number of aliphatic hydroxyl groups excluding tert-OH is 1. The van der Waals surface area contributed by atoms with Crippen LogP contribution in [-0.2, 0) is 13.0 Å². The van der Waals surface area contributed by atoms with Crippen molar-refractivity contribution in [3.8, 4) is 0 Å². The molecule has 0 aromatic carbocycles. The van der Waals surface area contributed by atoms with E-state index < -0.39 is 0 Å². The van der Waals surface area contributed by atoms with E-state index in [0.717, 1.165) is 12.2 Å². The van der Waals surface area contributed by atoms with Crippen molar-refractivity contribution in [1.82, 2.24) is 9.55 Å². The first-order valence-corrected chi connectivity index (χ1v) is 4.95. The van der Waals surface area contributed by atoms with Gasteiger partial charge in [-0.2, -0.15) is 0 Å². The van der Waals surface area contributed by atoms with E-state index in [1.165, 1.54) is 0 Å². The highest BCUT2D eigenvalue weighted by Gasteiger charge is 2.23. The Kier molecular flexibility index (Phi) is 3.48. The quantitative estimate of drug-likeness (QED) is 0.659. The highest BCUT2D eigenvalue weighted by Crippen LogP contribution is 2.18. The second-order valence-corrected chi connectivity index (χ2v) is 3.24. The number of aliphatic hydroxyl groups is 1. The van der Waals surface area contributed by atoms with Crippen LogP contribution in [0.2, 0.25) is 0 Å². The highest BCUT2D eigenvalue weighted by molar-refractivity contribution is 4.98. The maximum Gasteiger partial charge on any atom is 0.109 e. The summed E-state index contributed by atoms with van der Waals surface area (Å²) in [5.41, 5.74) is 0. The molecule has 1 aliphatic heterocycles. The Bertz CT molecular complexity index is 233. The molecular formula is C10H18N2O. The molecule has 2 rings (SSSR count). The number of hydrogen-bond acceptors (Lipinski definition) is 2. The number of aromatic nitrogens is 2. The maximum atomic E-state index is 9.49. The van der Waals surface area contributed by atoms with Crippen LogP contribution in [0.4, 0.5) is 0 Å². The molecule has 0 radical (unpaired) electrons. The number of rotatable bonds is 0. The summed E-state index contributed by atoms with van der Waals surface area (Å²) >= 11 is 0. The Labute approximate surface area is 79.4 Å². The lowest BCUT2D eigenvalue weighted by molar-refractivity contribution is 0.0821. The van der Waals surface area contributed by atoms with Gasteiger partial charge in [-0.3, -0.25) is 0 Å². The van der Waals surface area contributed by atoms with Gasteiger partial charge < -0.3 is 9.67 Å². The number of fused-ring (bicyclic) bond motifs is 1. The van der Waals surface area contributed by atoms with E-state index >= 15 is 0 Å². The average molecular weight is 182 g/mol. The Balaban J connectivity index is 0.000000396. The molecule has 0 saturated heterocycles. The smallest absolute Gasteiger partial charge is 0.109 e. The van der Waals surface area contributed by atoms with Crippen LogP contribution in [0, 0.1) is 5.92 Å². The van der Waals surface area contributed by atoms with Crippen LogP contribution in [0.25, 0.3) is 0 Å². The SMILES string of the molecule is CC.CC1Cc2nccn2CC1O. The van der Waals surface area contributed by atoms with E-state index in [9.17, 15) is 5.11 Å². The first-order chi connectivity index (χ1) is 6.27. The molecule has 2 atom stereocenters. The largest absolute Gasteiger partial charge is 0.391 e. The van der Waals surface area contributed by atoms with Crippen molar-refractivity contribution in [2.45, 2.75) is 39.8 Å². The molecular weight excluding hydrogens is 164 g/mol. The molecule has 0 spiro atoms. The van der Waals surface area contributed by atoms with Gasteiger partial charge in [0.25, 0.3) is 0 Å². The predicted octanol–water partition coefficient (Wildman–Crippen LogP) is 1.46. The van der Waals surface area contributed by atoms with Crippen molar-refractivity contribution in [3.05, 3.63) is 18.2 Å². The van der Waals surface area contributed by atoms with Crippen LogP contribution in [-0.4, -0.2) is 20.8 Å². The van der Waals surface area contributed by atoms with E-state index in [1.807, 2.05) is 24.6 Å². The molecule has 0 bridgehead atoms. The fraction of sp³-hybridized carbons (Fsp3) is 0.700. The summed E-state index contributed by atoms with van der Waals surface area (Å²) in [6, 6.07) is 0. The zero-order valence-electron chi connectivity index (χ0n) is 8.57. The van der Waals surface area contributed by atoms with Crippen LogP contribution >= 0.6 is 0 Å². The standard InChI is InChI=1S/C8H12N2O.C2H6/c1-6-4-8-9-2-3-10(8)5-7(6)11;1-2/h2-3,6-7,11H,4-5H2,1H3;1-2H3. The van der Waals surface area contributed by atoms with Gasteiger partial charge in [0.1, 0.15) is 5.82 Å². The molecule has 3 heteroatoms. The number of imidazole rings is 1. The van der Waals surface area contributed by atoms with Gasteiger partial charge in [-0.1, -0.05) is 20.8 Å². The summed E-state index contributed by atoms with van der Waals surface area (Å²) in [6.07, 6.45) is 4.41. The molecule has 0 amide bonds.